The maximum absolute atomic E-state index is 12.2. The summed E-state index contributed by atoms with van der Waals surface area (Å²) in [5.74, 6) is 0.953. The molecule has 0 aromatic heterocycles. The fourth-order valence-electron chi connectivity index (χ4n) is 3.15. The summed E-state index contributed by atoms with van der Waals surface area (Å²) in [5.41, 5.74) is 2.78. The molecule has 1 heterocycles. The van der Waals surface area contributed by atoms with Gasteiger partial charge in [0.1, 0.15) is 0 Å². The van der Waals surface area contributed by atoms with E-state index in [-0.39, 0.29) is 35.1 Å². The van der Waals surface area contributed by atoms with Gasteiger partial charge >= 0.3 is 0 Å². The number of hydrogen-bond acceptors (Lipinski definition) is 3. The lowest BCUT2D eigenvalue weighted by Gasteiger charge is -2.39. The first-order valence-corrected chi connectivity index (χ1v) is 10.9. The summed E-state index contributed by atoms with van der Waals surface area (Å²) in [6.07, 6.45) is 0.902. The molecule has 1 saturated heterocycles. The van der Waals surface area contributed by atoms with Gasteiger partial charge in [0.25, 0.3) is 0 Å². The van der Waals surface area contributed by atoms with Crippen LogP contribution in [0.4, 0.5) is 0 Å². The van der Waals surface area contributed by atoms with Gasteiger partial charge in [0.2, 0.25) is 0 Å². The number of halogens is 1. The molecule has 1 aliphatic rings. The number of hydrogen-bond donors (Lipinski definition) is 1. The SMILES string of the molecule is CN=C(NCCc1ccc(C(C)(C)C)cc1)N1CCS(=O)(=O)C(C)(C)C1.I. The van der Waals surface area contributed by atoms with Gasteiger partial charge in [0.05, 0.1) is 10.5 Å². The fourth-order valence-corrected chi connectivity index (χ4v) is 4.51. The van der Waals surface area contributed by atoms with Crippen LogP contribution in [0.1, 0.15) is 45.7 Å². The molecular formula is C20H34IN3O2S. The first kappa shape index (κ1) is 24.2. The number of nitrogens with one attached hydrogen (secondary N) is 1. The number of rotatable bonds is 3. The van der Waals surface area contributed by atoms with Crippen molar-refractivity contribution in [1.82, 2.24) is 10.2 Å². The Bertz CT molecular complexity index is 750. The van der Waals surface area contributed by atoms with E-state index in [1.807, 2.05) is 4.90 Å². The van der Waals surface area contributed by atoms with Gasteiger partial charge in [-0.15, -0.1) is 24.0 Å². The van der Waals surface area contributed by atoms with E-state index in [1.54, 1.807) is 20.9 Å². The Kier molecular flexibility index (Phi) is 8.17. The quantitative estimate of drug-likeness (QED) is 0.388. The molecule has 1 aliphatic heterocycles. The standard InChI is InChI=1S/C20H33N3O2S.HI/c1-19(2,3)17-9-7-16(8-10-17)11-12-22-18(21-6)23-13-14-26(24,25)20(4,5)15-23;/h7-10H,11-15H2,1-6H3,(H,21,22);1H. The first-order chi connectivity index (χ1) is 12.0. The molecule has 0 amide bonds. The zero-order valence-corrected chi connectivity index (χ0v) is 20.5. The Morgan fingerprint density at radius 1 is 1.22 bits per heavy atom. The van der Waals surface area contributed by atoms with Crippen molar-refractivity contribution < 1.29 is 8.42 Å². The molecule has 0 atom stereocenters. The highest BCUT2D eigenvalue weighted by molar-refractivity contribution is 14.0. The van der Waals surface area contributed by atoms with E-state index in [9.17, 15) is 8.42 Å². The minimum absolute atomic E-state index is 0. The molecule has 0 unspecified atom stereocenters. The van der Waals surface area contributed by atoms with Gasteiger partial charge in [-0.2, -0.15) is 0 Å². The van der Waals surface area contributed by atoms with Crippen molar-refractivity contribution >= 4 is 39.8 Å². The molecule has 0 saturated carbocycles. The molecule has 1 N–H and O–H groups in total. The fraction of sp³-hybridized carbons (Fsp3) is 0.650. The normalized spacial score (nSPS) is 19.3. The molecule has 7 heteroatoms. The van der Waals surface area contributed by atoms with Crippen LogP contribution in [0.15, 0.2) is 29.3 Å². The summed E-state index contributed by atoms with van der Waals surface area (Å²) in [7, 11) is -1.29. The van der Waals surface area contributed by atoms with E-state index in [4.69, 9.17) is 0 Å². The van der Waals surface area contributed by atoms with Crippen molar-refractivity contribution in [3.63, 3.8) is 0 Å². The second kappa shape index (κ2) is 9.11. The lowest BCUT2D eigenvalue weighted by atomic mass is 9.86. The molecule has 5 nitrogen and oxygen atoms in total. The van der Waals surface area contributed by atoms with Crippen molar-refractivity contribution in [3.05, 3.63) is 35.4 Å². The maximum atomic E-state index is 12.2. The molecule has 0 aliphatic carbocycles. The van der Waals surface area contributed by atoms with Crippen molar-refractivity contribution in [2.75, 3.05) is 32.4 Å². The zero-order chi connectivity index (χ0) is 19.6. The van der Waals surface area contributed by atoms with Gasteiger partial charge < -0.3 is 10.2 Å². The lowest BCUT2D eigenvalue weighted by molar-refractivity contribution is 0.353. The van der Waals surface area contributed by atoms with Crippen LogP contribution in [-0.4, -0.2) is 56.5 Å². The number of nitrogens with zero attached hydrogens (tertiary/aromatic N) is 2. The van der Waals surface area contributed by atoms with Crippen molar-refractivity contribution in [2.45, 2.75) is 51.2 Å². The van der Waals surface area contributed by atoms with Gasteiger partial charge in [0.15, 0.2) is 15.8 Å². The number of sulfone groups is 1. The highest BCUT2D eigenvalue weighted by Crippen LogP contribution is 2.24. The Hall–Kier alpha value is -0.830. The number of aliphatic imine (C=N–C) groups is 1. The minimum atomic E-state index is -3.04. The van der Waals surface area contributed by atoms with Gasteiger partial charge in [-0.05, 0) is 36.8 Å². The second-order valence-corrected chi connectivity index (χ2v) is 11.4. The van der Waals surface area contributed by atoms with E-state index in [2.05, 4.69) is 55.3 Å². The van der Waals surface area contributed by atoms with Crippen LogP contribution in [-0.2, 0) is 21.7 Å². The Labute approximate surface area is 182 Å². The van der Waals surface area contributed by atoms with Gasteiger partial charge in [-0.25, -0.2) is 8.42 Å². The molecule has 1 fully saturated rings. The second-order valence-electron chi connectivity index (χ2n) is 8.67. The maximum Gasteiger partial charge on any atom is 0.193 e. The van der Waals surface area contributed by atoms with E-state index in [0.717, 1.165) is 18.9 Å². The highest BCUT2D eigenvalue weighted by atomic mass is 127. The predicted molar refractivity (Wildman–Crippen MR) is 125 cm³/mol. The topological polar surface area (TPSA) is 61.8 Å². The summed E-state index contributed by atoms with van der Waals surface area (Å²) in [5, 5.41) is 3.38. The molecule has 27 heavy (non-hydrogen) atoms. The zero-order valence-electron chi connectivity index (χ0n) is 17.4. The molecule has 154 valence electrons. The third-order valence-corrected chi connectivity index (χ3v) is 7.60. The van der Waals surface area contributed by atoms with Crippen LogP contribution >= 0.6 is 24.0 Å². The van der Waals surface area contributed by atoms with Crippen molar-refractivity contribution in [3.8, 4) is 0 Å². The molecule has 0 radical (unpaired) electrons. The number of benzene rings is 1. The monoisotopic (exact) mass is 507 g/mol. The van der Waals surface area contributed by atoms with Crippen LogP contribution in [0.25, 0.3) is 0 Å². The van der Waals surface area contributed by atoms with E-state index < -0.39 is 14.6 Å². The summed E-state index contributed by atoms with van der Waals surface area (Å²) in [4.78, 5) is 6.38. The molecule has 1 aromatic carbocycles. The Morgan fingerprint density at radius 2 is 1.81 bits per heavy atom. The van der Waals surface area contributed by atoms with Crippen molar-refractivity contribution in [2.24, 2.45) is 4.99 Å². The Morgan fingerprint density at radius 3 is 2.30 bits per heavy atom. The minimum Gasteiger partial charge on any atom is -0.356 e. The predicted octanol–water partition coefficient (Wildman–Crippen LogP) is 3.23. The smallest absolute Gasteiger partial charge is 0.193 e. The van der Waals surface area contributed by atoms with Gasteiger partial charge in [0, 0.05) is 26.7 Å². The average Bonchev–Trinajstić information content (AvgIpc) is 2.54. The number of guanidine groups is 1. The summed E-state index contributed by atoms with van der Waals surface area (Å²) in [6.45, 7) is 12.0. The molecule has 1 aromatic rings. The first-order valence-electron chi connectivity index (χ1n) is 9.24. The van der Waals surface area contributed by atoms with E-state index in [1.165, 1.54) is 11.1 Å². The molecule has 0 spiro atoms. The van der Waals surface area contributed by atoms with Crippen molar-refractivity contribution in [1.29, 1.82) is 0 Å². The van der Waals surface area contributed by atoms with Crippen LogP contribution in [0.5, 0.6) is 0 Å². The average molecular weight is 507 g/mol. The van der Waals surface area contributed by atoms with Crippen LogP contribution in [0.2, 0.25) is 0 Å². The van der Waals surface area contributed by atoms with Crippen LogP contribution < -0.4 is 5.32 Å². The largest absolute Gasteiger partial charge is 0.356 e. The highest BCUT2D eigenvalue weighted by Gasteiger charge is 2.40. The van der Waals surface area contributed by atoms with Gasteiger partial charge in [-0.1, -0.05) is 45.0 Å². The molecular weight excluding hydrogens is 473 g/mol. The third-order valence-electron chi connectivity index (χ3n) is 5.07. The summed E-state index contributed by atoms with van der Waals surface area (Å²) in [6, 6.07) is 8.76. The van der Waals surface area contributed by atoms with Crippen LogP contribution in [0, 0.1) is 0 Å². The van der Waals surface area contributed by atoms with Crippen LogP contribution in [0.3, 0.4) is 0 Å². The van der Waals surface area contributed by atoms with E-state index in [0.29, 0.717) is 13.1 Å². The van der Waals surface area contributed by atoms with Gasteiger partial charge in [-0.3, -0.25) is 4.99 Å². The Balaban J connectivity index is 0.00000364. The molecule has 0 bridgehead atoms. The summed E-state index contributed by atoms with van der Waals surface area (Å²) >= 11 is 0. The third kappa shape index (κ3) is 6.07. The molecule has 2 rings (SSSR count). The van der Waals surface area contributed by atoms with E-state index >= 15 is 0 Å². The summed E-state index contributed by atoms with van der Waals surface area (Å²) < 4.78 is 23.6. The lowest BCUT2D eigenvalue weighted by Crippen LogP contribution is -2.57.